The van der Waals surface area contributed by atoms with E-state index in [0.29, 0.717) is 6.04 Å². The Morgan fingerprint density at radius 3 is 2.72 bits per heavy atom. The third kappa shape index (κ3) is 3.85. The Morgan fingerprint density at radius 1 is 1.33 bits per heavy atom. The fraction of sp³-hybridized carbons (Fsp3) is 0.385. The van der Waals surface area contributed by atoms with Gasteiger partial charge >= 0.3 is 0 Å². The van der Waals surface area contributed by atoms with Crippen LogP contribution in [0.5, 0.6) is 0 Å². The van der Waals surface area contributed by atoms with Gasteiger partial charge in [-0.3, -0.25) is 4.68 Å². The lowest BCUT2D eigenvalue weighted by atomic mass is 10.2. The SMILES string of the molecule is CC(C)NCc1ccc(Sc2cnn(C)c2)nc1. The van der Waals surface area contributed by atoms with E-state index in [4.69, 9.17) is 0 Å². The molecule has 0 aliphatic heterocycles. The molecule has 4 nitrogen and oxygen atoms in total. The van der Waals surface area contributed by atoms with Gasteiger partial charge in [-0.05, 0) is 11.6 Å². The maximum absolute atomic E-state index is 4.45. The minimum atomic E-state index is 0.495. The fourth-order valence-corrected chi connectivity index (χ4v) is 2.26. The molecule has 1 N–H and O–H groups in total. The van der Waals surface area contributed by atoms with Crippen LogP contribution in [0.3, 0.4) is 0 Å². The lowest BCUT2D eigenvalue weighted by Crippen LogP contribution is -2.21. The van der Waals surface area contributed by atoms with Crippen LogP contribution >= 0.6 is 11.8 Å². The van der Waals surface area contributed by atoms with Crippen molar-refractivity contribution >= 4 is 11.8 Å². The zero-order valence-electron chi connectivity index (χ0n) is 10.9. The van der Waals surface area contributed by atoms with Crippen LogP contribution < -0.4 is 5.32 Å². The Kier molecular flexibility index (Phi) is 4.38. The highest BCUT2D eigenvalue weighted by atomic mass is 32.2. The van der Waals surface area contributed by atoms with E-state index < -0.39 is 0 Å². The van der Waals surface area contributed by atoms with Crippen molar-refractivity contribution in [1.82, 2.24) is 20.1 Å². The van der Waals surface area contributed by atoms with Crippen LogP contribution in [0.4, 0.5) is 0 Å². The summed E-state index contributed by atoms with van der Waals surface area (Å²) in [5, 5.41) is 8.51. The summed E-state index contributed by atoms with van der Waals surface area (Å²) in [4.78, 5) is 5.56. The van der Waals surface area contributed by atoms with E-state index in [1.165, 1.54) is 5.56 Å². The van der Waals surface area contributed by atoms with Crippen LogP contribution in [0.1, 0.15) is 19.4 Å². The summed E-state index contributed by atoms with van der Waals surface area (Å²) in [5.74, 6) is 0. The van der Waals surface area contributed by atoms with Crippen molar-refractivity contribution < 1.29 is 0 Å². The van der Waals surface area contributed by atoms with Crippen LogP contribution in [0, 0.1) is 0 Å². The van der Waals surface area contributed by atoms with Crippen LogP contribution in [-0.2, 0) is 13.6 Å². The average Bonchev–Trinajstić information content (AvgIpc) is 2.74. The molecular formula is C13H18N4S. The molecule has 2 heterocycles. The van der Waals surface area contributed by atoms with Gasteiger partial charge in [0, 0.05) is 32.0 Å². The first-order valence-corrected chi connectivity index (χ1v) is 6.80. The van der Waals surface area contributed by atoms with E-state index in [0.717, 1.165) is 16.5 Å². The summed E-state index contributed by atoms with van der Waals surface area (Å²) in [6.07, 6.45) is 5.76. The van der Waals surface area contributed by atoms with Gasteiger partial charge in [-0.15, -0.1) is 0 Å². The highest BCUT2D eigenvalue weighted by molar-refractivity contribution is 7.99. The molecule has 18 heavy (non-hydrogen) atoms. The largest absolute Gasteiger partial charge is 0.310 e. The third-order valence-corrected chi connectivity index (χ3v) is 3.31. The van der Waals surface area contributed by atoms with E-state index in [-0.39, 0.29) is 0 Å². The van der Waals surface area contributed by atoms with Crippen molar-refractivity contribution in [2.24, 2.45) is 7.05 Å². The molecule has 2 rings (SSSR count). The lowest BCUT2D eigenvalue weighted by molar-refractivity contribution is 0.587. The first-order valence-electron chi connectivity index (χ1n) is 5.98. The zero-order chi connectivity index (χ0) is 13.0. The Hall–Kier alpha value is -1.33. The van der Waals surface area contributed by atoms with E-state index in [2.05, 4.69) is 41.4 Å². The molecule has 0 aliphatic carbocycles. The smallest absolute Gasteiger partial charge is 0.101 e. The molecule has 2 aromatic heterocycles. The summed E-state index contributed by atoms with van der Waals surface area (Å²) in [6, 6.07) is 4.66. The Balaban J connectivity index is 1.95. The summed E-state index contributed by atoms with van der Waals surface area (Å²) in [5.41, 5.74) is 1.21. The van der Waals surface area contributed by atoms with E-state index in [1.54, 1.807) is 16.4 Å². The molecule has 0 atom stereocenters. The number of nitrogens with one attached hydrogen (secondary N) is 1. The van der Waals surface area contributed by atoms with E-state index in [1.807, 2.05) is 25.6 Å². The maximum atomic E-state index is 4.45. The zero-order valence-corrected chi connectivity index (χ0v) is 11.7. The van der Waals surface area contributed by atoms with Crippen LogP contribution in [-0.4, -0.2) is 20.8 Å². The van der Waals surface area contributed by atoms with Crippen molar-refractivity contribution in [3.8, 4) is 0 Å². The standard InChI is InChI=1S/C13H18N4S/c1-10(2)14-6-11-4-5-13(15-7-11)18-12-8-16-17(3)9-12/h4-5,7-10,14H,6H2,1-3H3. The fourth-order valence-electron chi connectivity index (χ4n) is 1.47. The average molecular weight is 262 g/mol. The van der Waals surface area contributed by atoms with E-state index in [9.17, 15) is 0 Å². The molecule has 2 aromatic rings. The van der Waals surface area contributed by atoms with E-state index >= 15 is 0 Å². The number of nitrogens with zero attached hydrogens (tertiary/aromatic N) is 3. The number of rotatable bonds is 5. The first-order chi connectivity index (χ1) is 8.63. The van der Waals surface area contributed by atoms with Crippen molar-refractivity contribution in [3.63, 3.8) is 0 Å². The first kappa shape index (κ1) is 13.1. The number of hydrogen-bond donors (Lipinski definition) is 1. The van der Waals surface area contributed by atoms with Crippen molar-refractivity contribution in [2.75, 3.05) is 0 Å². The molecule has 0 aromatic carbocycles. The van der Waals surface area contributed by atoms with Gasteiger partial charge in [-0.2, -0.15) is 5.10 Å². The molecule has 0 unspecified atom stereocenters. The molecule has 0 bridgehead atoms. The van der Waals surface area contributed by atoms with Gasteiger partial charge in [0.1, 0.15) is 5.03 Å². The summed E-state index contributed by atoms with van der Waals surface area (Å²) in [6.45, 7) is 5.14. The summed E-state index contributed by atoms with van der Waals surface area (Å²) in [7, 11) is 1.91. The minimum Gasteiger partial charge on any atom is -0.310 e. The van der Waals surface area contributed by atoms with Gasteiger partial charge in [0.15, 0.2) is 0 Å². The quantitative estimate of drug-likeness (QED) is 0.899. The molecule has 0 saturated carbocycles. The lowest BCUT2D eigenvalue weighted by Gasteiger charge is -2.07. The van der Waals surface area contributed by atoms with Crippen molar-refractivity contribution in [3.05, 3.63) is 36.3 Å². The summed E-state index contributed by atoms with van der Waals surface area (Å²) < 4.78 is 1.79. The van der Waals surface area contributed by atoms with Gasteiger partial charge < -0.3 is 5.32 Å². The normalized spacial score (nSPS) is 11.1. The second kappa shape index (κ2) is 6.02. The molecular weight excluding hydrogens is 244 g/mol. The molecule has 0 amide bonds. The number of pyridine rings is 1. The third-order valence-electron chi connectivity index (χ3n) is 2.42. The maximum Gasteiger partial charge on any atom is 0.101 e. The molecule has 0 spiro atoms. The number of aryl methyl sites for hydroxylation is 1. The topological polar surface area (TPSA) is 42.7 Å². The molecule has 0 saturated heterocycles. The second-order valence-electron chi connectivity index (χ2n) is 4.49. The summed E-state index contributed by atoms with van der Waals surface area (Å²) >= 11 is 1.63. The van der Waals surface area contributed by atoms with Gasteiger partial charge in [0.2, 0.25) is 0 Å². The molecule has 96 valence electrons. The monoisotopic (exact) mass is 262 g/mol. The Morgan fingerprint density at radius 2 is 2.17 bits per heavy atom. The highest BCUT2D eigenvalue weighted by Crippen LogP contribution is 2.24. The molecule has 0 aliphatic rings. The van der Waals surface area contributed by atoms with Gasteiger partial charge in [0.25, 0.3) is 0 Å². The van der Waals surface area contributed by atoms with Gasteiger partial charge in [-0.1, -0.05) is 31.7 Å². The van der Waals surface area contributed by atoms with Crippen LogP contribution in [0.25, 0.3) is 0 Å². The van der Waals surface area contributed by atoms with Crippen LogP contribution in [0.2, 0.25) is 0 Å². The Labute approximate surface area is 112 Å². The molecule has 5 heteroatoms. The van der Waals surface area contributed by atoms with Gasteiger partial charge in [0.05, 0.1) is 11.1 Å². The van der Waals surface area contributed by atoms with Crippen molar-refractivity contribution in [2.45, 2.75) is 36.4 Å². The predicted molar refractivity (Wildman–Crippen MR) is 73.5 cm³/mol. The minimum absolute atomic E-state index is 0.495. The highest BCUT2D eigenvalue weighted by Gasteiger charge is 2.02. The molecule has 0 fully saturated rings. The number of aromatic nitrogens is 3. The van der Waals surface area contributed by atoms with Crippen LogP contribution in [0.15, 0.2) is 40.6 Å². The number of hydrogen-bond acceptors (Lipinski definition) is 4. The molecule has 0 radical (unpaired) electrons. The Bertz CT molecular complexity index is 490. The second-order valence-corrected chi connectivity index (χ2v) is 5.59. The van der Waals surface area contributed by atoms with Crippen molar-refractivity contribution in [1.29, 1.82) is 0 Å². The van der Waals surface area contributed by atoms with Gasteiger partial charge in [-0.25, -0.2) is 4.98 Å². The predicted octanol–water partition coefficient (Wildman–Crippen LogP) is 2.46.